The molecule has 0 unspecified atom stereocenters. The third kappa shape index (κ3) is 2.28. The van der Waals surface area contributed by atoms with Gasteiger partial charge in [0.25, 0.3) is 0 Å². The van der Waals surface area contributed by atoms with Crippen LogP contribution in [0.4, 0.5) is 4.39 Å². The first-order valence-electron chi connectivity index (χ1n) is 5.87. The molecule has 0 radical (unpaired) electrons. The smallest absolute Gasteiger partial charge is 0.243 e. The van der Waals surface area contributed by atoms with Gasteiger partial charge >= 0.3 is 0 Å². The van der Waals surface area contributed by atoms with Crippen molar-refractivity contribution in [2.45, 2.75) is 31.3 Å². The van der Waals surface area contributed by atoms with Gasteiger partial charge in [0, 0.05) is 18.7 Å². The predicted molar refractivity (Wildman–Crippen MR) is 65.1 cm³/mol. The summed E-state index contributed by atoms with van der Waals surface area (Å²) in [6.07, 6.45) is 1.67. The lowest BCUT2D eigenvalue weighted by Gasteiger charge is -2.18. The molecule has 1 aromatic rings. The second-order valence-electron chi connectivity index (χ2n) is 4.47. The predicted octanol–water partition coefficient (Wildman–Crippen LogP) is 1.41. The summed E-state index contributed by atoms with van der Waals surface area (Å²) in [5.74, 6) is -0.598. The van der Waals surface area contributed by atoms with Crippen molar-refractivity contribution in [3.63, 3.8) is 0 Å². The summed E-state index contributed by atoms with van der Waals surface area (Å²) in [4.78, 5) is -0.0338. The Labute approximate surface area is 106 Å². The van der Waals surface area contributed by atoms with Crippen molar-refractivity contribution in [1.29, 1.82) is 0 Å². The summed E-state index contributed by atoms with van der Waals surface area (Å²) in [6, 6.07) is 2.52. The quantitative estimate of drug-likeness (QED) is 0.906. The van der Waals surface area contributed by atoms with Crippen LogP contribution < -0.4 is 0 Å². The Bertz CT molecular complexity index is 551. The van der Waals surface area contributed by atoms with Gasteiger partial charge in [0.1, 0.15) is 5.82 Å². The van der Waals surface area contributed by atoms with Gasteiger partial charge in [-0.25, -0.2) is 12.8 Å². The van der Waals surface area contributed by atoms with Crippen LogP contribution in [0.5, 0.6) is 0 Å². The molecule has 0 saturated carbocycles. The highest BCUT2D eigenvalue weighted by atomic mass is 32.2. The second kappa shape index (κ2) is 4.95. The van der Waals surface area contributed by atoms with Gasteiger partial charge in [0.05, 0.1) is 11.5 Å². The molecule has 1 aliphatic rings. The normalized spacial score (nSPS) is 17.3. The number of rotatable bonds is 3. The zero-order chi connectivity index (χ0) is 13.3. The van der Waals surface area contributed by atoms with Crippen molar-refractivity contribution in [2.24, 2.45) is 0 Å². The maximum absolute atomic E-state index is 13.6. The summed E-state index contributed by atoms with van der Waals surface area (Å²) < 4.78 is 39.7. The minimum atomic E-state index is -3.64. The maximum Gasteiger partial charge on any atom is 0.243 e. The Morgan fingerprint density at radius 1 is 1.33 bits per heavy atom. The third-order valence-electron chi connectivity index (χ3n) is 3.22. The van der Waals surface area contributed by atoms with Crippen molar-refractivity contribution in [1.82, 2.24) is 4.31 Å². The minimum absolute atomic E-state index is 0.0338. The van der Waals surface area contributed by atoms with E-state index in [-0.39, 0.29) is 22.6 Å². The Kier molecular flexibility index (Phi) is 3.70. The van der Waals surface area contributed by atoms with Gasteiger partial charge < -0.3 is 5.11 Å². The van der Waals surface area contributed by atoms with Crippen molar-refractivity contribution in [3.05, 3.63) is 29.1 Å². The maximum atomic E-state index is 13.6. The molecular weight excluding hydrogens is 257 g/mol. The van der Waals surface area contributed by atoms with E-state index in [2.05, 4.69) is 0 Å². The molecule has 18 heavy (non-hydrogen) atoms. The number of nitrogens with zero attached hydrogens (tertiary/aromatic N) is 1. The number of benzene rings is 1. The molecule has 1 fully saturated rings. The van der Waals surface area contributed by atoms with Crippen molar-refractivity contribution in [2.75, 3.05) is 13.1 Å². The van der Waals surface area contributed by atoms with Crippen LogP contribution in [0, 0.1) is 12.7 Å². The lowest BCUT2D eigenvalue weighted by molar-refractivity contribution is 0.280. The average molecular weight is 273 g/mol. The van der Waals surface area contributed by atoms with Crippen LogP contribution in [-0.2, 0) is 16.6 Å². The minimum Gasteiger partial charge on any atom is -0.392 e. The molecule has 0 amide bonds. The Balaban J connectivity index is 2.52. The van der Waals surface area contributed by atoms with E-state index in [9.17, 15) is 12.8 Å². The molecule has 0 atom stereocenters. The van der Waals surface area contributed by atoms with E-state index in [0.29, 0.717) is 13.1 Å². The zero-order valence-corrected chi connectivity index (χ0v) is 11.0. The van der Waals surface area contributed by atoms with Gasteiger partial charge in [-0.05, 0) is 37.5 Å². The molecule has 1 aliphatic heterocycles. The van der Waals surface area contributed by atoms with Gasteiger partial charge in [-0.2, -0.15) is 4.31 Å². The van der Waals surface area contributed by atoms with E-state index < -0.39 is 15.8 Å². The highest BCUT2D eigenvalue weighted by Crippen LogP contribution is 2.26. The first kappa shape index (κ1) is 13.5. The summed E-state index contributed by atoms with van der Waals surface area (Å²) in [5, 5.41) is 9.03. The second-order valence-corrected chi connectivity index (χ2v) is 6.38. The summed E-state index contributed by atoms with van der Waals surface area (Å²) in [7, 11) is -3.64. The van der Waals surface area contributed by atoms with Crippen LogP contribution in [0.25, 0.3) is 0 Å². The lowest BCUT2D eigenvalue weighted by atomic mass is 10.1. The van der Waals surface area contributed by atoms with Crippen molar-refractivity contribution < 1.29 is 17.9 Å². The summed E-state index contributed by atoms with van der Waals surface area (Å²) in [5.41, 5.74) is 0.384. The number of aliphatic hydroxyl groups excluding tert-OH is 1. The Morgan fingerprint density at radius 2 is 1.94 bits per heavy atom. The summed E-state index contributed by atoms with van der Waals surface area (Å²) in [6.45, 7) is 2.03. The third-order valence-corrected chi connectivity index (χ3v) is 5.25. The monoisotopic (exact) mass is 273 g/mol. The zero-order valence-electron chi connectivity index (χ0n) is 10.2. The van der Waals surface area contributed by atoms with Crippen molar-refractivity contribution in [3.8, 4) is 0 Å². The van der Waals surface area contributed by atoms with E-state index in [4.69, 9.17) is 5.11 Å². The number of hydrogen-bond donors (Lipinski definition) is 1. The van der Waals surface area contributed by atoms with Gasteiger partial charge in [-0.15, -0.1) is 0 Å². The molecule has 1 aromatic carbocycles. The van der Waals surface area contributed by atoms with Crippen LogP contribution in [-0.4, -0.2) is 30.9 Å². The van der Waals surface area contributed by atoms with E-state index in [1.165, 1.54) is 23.4 Å². The molecule has 4 nitrogen and oxygen atoms in total. The topological polar surface area (TPSA) is 57.6 Å². The first-order chi connectivity index (χ1) is 8.46. The molecule has 0 aliphatic carbocycles. The van der Waals surface area contributed by atoms with E-state index >= 15 is 0 Å². The van der Waals surface area contributed by atoms with Gasteiger partial charge in [-0.3, -0.25) is 0 Å². The van der Waals surface area contributed by atoms with Gasteiger partial charge in [-0.1, -0.05) is 0 Å². The van der Waals surface area contributed by atoms with E-state index in [1.807, 2.05) is 0 Å². The fraction of sp³-hybridized carbons (Fsp3) is 0.500. The molecule has 2 rings (SSSR count). The average Bonchev–Trinajstić information content (AvgIpc) is 2.86. The first-order valence-corrected chi connectivity index (χ1v) is 7.31. The largest absolute Gasteiger partial charge is 0.392 e. The SMILES string of the molecule is Cc1c(F)cc(CO)cc1S(=O)(=O)N1CCCC1. The molecule has 0 aromatic heterocycles. The molecule has 6 heteroatoms. The Hall–Kier alpha value is -0.980. The molecule has 1 saturated heterocycles. The van der Waals surface area contributed by atoms with Crippen LogP contribution >= 0.6 is 0 Å². The number of halogens is 1. The number of sulfonamides is 1. The highest BCUT2D eigenvalue weighted by molar-refractivity contribution is 7.89. The van der Waals surface area contributed by atoms with E-state index in [1.54, 1.807) is 0 Å². The van der Waals surface area contributed by atoms with Crippen LogP contribution in [0.2, 0.25) is 0 Å². The standard InChI is InChI=1S/C12H16FNO3S/c1-9-11(13)6-10(8-15)7-12(9)18(16,17)14-4-2-3-5-14/h6-7,15H,2-5,8H2,1H3. The van der Waals surface area contributed by atoms with Crippen molar-refractivity contribution >= 4 is 10.0 Å². The van der Waals surface area contributed by atoms with Crippen LogP contribution in [0.3, 0.4) is 0 Å². The molecule has 1 N–H and O–H groups in total. The van der Waals surface area contributed by atoms with Gasteiger partial charge in [0.15, 0.2) is 0 Å². The number of aliphatic hydroxyl groups is 1. The fourth-order valence-corrected chi connectivity index (χ4v) is 3.94. The molecule has 0 spiro atoms. The number of hydrogen-bond acceptors (Lipinski definition) is 3. The van der Waals surface area contributed by atoms with Crippen LogP contribution in [0.15, 0.2) is 17.0 Å². The van der Waals surface area contributed by atoms with E-state index in [0.717, 1.165) is 12.8 Å². The fourth-order valence-electron chi connectivity index (χ4n) is 2.13. The molecular formula is C12H16FNO3S. The Morgan fingerprint density at radius 3 is 2.50 bits per heavy atom. The molecule has 100 valence electrons. The molecule has 0 bridgehead atoms. The summed E-state index contributed by atoms with van der Waals surface area (Å²) >= 11 is 0. The molecule has 1 heterocycles. The highest BCUT2D eigenvalue weighted by Gasteiger charge is 2.29. The lowest BCUT2D eigenvalue weighted by Crippen LogP contribution is -2.28. The van der Waals surface area contributed by atoms with Gasteiger partial charge in [0.2, 0.25) is 10.0 Å². The van der Waals surface area contributed by atoms with Crippen LogP contribution in [0.1, 0.15) is 24.0 Å².